The number of likely N-dealkylation sites (tertiary alicyclic amines) is 1. The molecule has 1 saturated carbocycles. The third-order valence-electron chi connectivity index (χ3n) is 4.12. The Morgan fingerprint density at radius 1 is 1.33 bits per heavy atom. The number of hydrogen-bond donors (Lipinski definition) is 1. The molecule has 0 aromatic carbocycles. The molecule has 1 aliphatic heterocycles. The van der Waals surface area contributed by atoms with E-state index in [1.54, 1.807) is 12.5 Å². The van der Waals surface area contributed by atoms with Crippen molar-refractivity contribution in [1.29, 1.82) is 0 Å². The molecule has 5 heteroatoms. The maximum absolute atomic E-state index is 12.2. The zero-order chi connectivity index (χ0) is 12.7. The zero-order valence-corrected chi connectivity index (χ0v) is 10.4. The van der Waals surface area contributed by atoms with Gasteiger partial charge in [0.15, 0.2) is 0 Å². The first kappa shape index (κ1) is 11.4. The lowest BCUT2D eigenvalue weighted by atomic mass is 10.00. The molecule has 18 heavy (non-hydrogen) atoms. The zero-order valence-electron chi connectivity index (χ0n) is 10.4. The number of nitrogens with zero attached hydrogens (tertiary/aromatic N) is 2. The van der Waals surface area contributed by atoms with Gasteiger partial charge in [0, 0.05) is 24.9 Å². The number of fused-ring (bicyclic) bond motifs is 1. The largest absolute Gasteiger partial charge is 0.348 e. The summed E-state index contributed by atoms with van der Waals surface area (Å²) in [6.07, 6.45) is 5.74. The van der Waals surface area contributed by atoms with Gasteiger partial charge >= 0.3 is 0 Å². The minimum atomic E-state index is -0.0470. The molecule has 5 nitrogen and oxygen atoms in total. The minimum absolute atomic E-state index is 0.0360. The van der Waals surface area contributed by atoms with Crippen LogP contribution in [0.15, 0.2) is 12.5 Å². The molecule has 2 unspecified atom stereocenters. The van der Waals surface area contributed by atoms with Crippen molar-refractivity contribution in [3.63, 3.8) is 0 Å². The standard InChI is InChI=1S/C13H17N3O2/c1-8-4-10-11(5-8)13(18)16(12(10)17)3-2-9-6-14-7-15-9/h6-8,10-11H,2-5H2,1H3,(H,14,15). The summed E-state index contributed by atoms with van der Waals surface area (Å²) in [6.45, 7) is 2.59. The fraction of sp³-hybridized carbons (Fsp3) is 0.615. The van der Waals surface area contributed by atoms with Gasteiger partial charge in [-0.05, 0) is 18.8 Å². The van der Waals surface area contributed by atoms with E-state index >= 15 is 0 Å². The van der Waals surface area contributed by atoms with E-state index in [2.05, 4.69) is 16.9 Å². The number of amides is 2. The minimum Gasteiger partial charge on any atom is -0.348 e. The highest BCUT2D eigenvalue weighted by Gasteiger charge is 2.51. The fourth-order valence-corrected chi connectivity index (χ4v) is 3.22. The van der Waals surface area contributed by atoms with E-state index in [0.717, 1.165) is 18.5 Å². The lowest BCUT2D eigenvalue weighted by molar-refractivity contribution is -0.140. The number of hydrogen-bond acceptors (Lipinski definition) is 3. The van der Waals surface area contributed by atoms with E-state index in [1.807, 2.05) is 0 Å². The number of aromatic nitrogens is 2. The summed E-state index contributed by atoms with van der Waals surface area (Å²) in [4.78, 5) is 32.7. The van der Waals surface area contributed by atoms with Crippen molar-refractivity contribution in [3.05, 3.63) is 18.2 Å². The Labute approximate surface area is 106 Å². The first-order valence-electron chi connectivity index (χ1n) is 6.49. The predicted octanol–water partition coefficient (Wildman–Crippen LogP) is 0.983. The van der Waals surface area contributed by atoms with E-state index in [-0.39, 0.29) is 23.7 Å². The average Bonchev–Trinajstić information content (AvgIpc) is 3.00. The molecule has 0 spiro atoms. The van der Waals surface area contributed by atoms with E-state index in [4.69, 9.17) is 0 Å². The van der Waals surface area contributed by atoms with E-state index in [9.17, 15) is 9.59 Å². The molecule has 1 aromatic heterocycles. The van der Waals surface area contributed by atoms with Crippen LogP contribution in [0.4, 0.5) is 0 Å². The molecule has 2 amide bonds. The predicted molar refractivity (Wildman–Crippen MR) is 64.4 cm³/mol. The van der Waals surface area contributed by atoms with Crippen molar-refractivity contribution in [3.8, 4) is 0 Å². The molecule has 1 N–H and O–H groups in total. The van der Waals surface area contributed by atoms with Crippen LogP contribution in [0.2, 0.25) is 0 Å². The first-order chi connectivity index (χ1) is 8.66. The smallest absolute Gasteiger partial charge is 0.233 e. The highest BCUT2D eigenvalue weighted by molar-refractivity contribution is 6.05. The van der Waals surface area contributed by atoms with Gasteiger partial charge in [0.05, 0.1) is 18.2 Å². The second kappa shape index (κ2) is 4.23. The maximum atomic E-state index is 12.2. The molecule has 1 aliphatic carbocycles. The summed E-state index contributed by atoms with van der Waals surface area (Å²) < 4.78 is 0. The fourth-order valence-electron chi connectivity index (χ4n) is 3.22. The van der Waals surface area contributed by atoms with Gasteiger partial charge in [0.1, 0.15) is 0 Å². The van der Waals surface area contributed by atoms with Gasteiger partial charge in [-0.1, -0.05) is 6.92 Å². The van der Waals surface area contributed by atoms with E-state index in [0.29, 0.717) is 18.9 Å². The number of nitrogens with one attached hydrogen (secondary N) is 1. The van der Waals surface area contributed by atoms with Crippen LogP contribution in [0, 0.1) is 17.8 Å². The Balaban J connectivity index is 1.67. The summed E-state index contributed by atoms with van der Waals surface area (Å²) in [7, 11) is 0. The summed E-state index contributed by atoms with van der Waals surface area (Å²) in [5, 5.41) is 0. The number of rotatable bonds is 3. The quantitative estimate of drug-likeness (QED) is 0.810. The number of carbonyl (C=O) groups excluding carboxylic acids is 2. The van der Waals surface area contributed by atoms with Crippen LogP contribution in [0.25, 0.3) is 0 Å². The van der Waals surface area contributed by atoms with Gasteiger partial charge in [0.2, 0.25) is 11.8 Å². The molecular formula is C13H17N3O2. The third kappa shape index (κ3) is 1.74. The Morgan fingerprint density at radius 3 is 2.56 bits per heavy atom. The summed E-state index contributed by atoms with van der Waals surface area (Å²) >= 11 is 0. The SMILES string of the molecule is CC1CC2C(=O)N(CCc3cnc[nH]3)C(=O)C2C1. The molecular weight excluding hydrogens is 230 g/mol. The lowest BCUT2D eigenvalue weighted by Crippen LogP contribution is -2.34. The van der Waals surface area contributed by atoms with Crippen molar-refractivity contribution in [2.75, 3.05) is 6.54 Å². The Hall–Kier alpha value is -1.65. The highest BCUT2D eigenvalue weighted by atomic mass is 16.2. The molecule has 2 aliphatic rings. The van der Waals surface area contributed by atoms with Crippen LogP contribution in [-0.4, -0.2) is 33.2 Å². The monoisotopic (exact) mass is 247 g/mol. The number of imide groups is 1. The van der Waals surface area contributed by atoms with Crippen molar-refractivity contribution in [2.45, 2.75) is 26.2 Å². The van der Waals surface area contributed by atoms with Gasteiger partial charge in [-0.25, -0.2) is 4.98 Å². The van der Waals surface area contributed by atoms with Crippen LogP contribution in [0.1, 0.15) is 25.5 Å². The molecule has 0 radical (unpaired) electrons. The van der Waals surface area contributed by atoms with Gasteiger partial charge in [-0.2, -0.15) is 0 Å². The molecule has 2 heterocycles. The Bertz CT molecular complexity index is 445. The summed E-state index contributed by atoms with van der Waals surface area (Å²) in [5.41, 5.74) is 0.959. The van der Waals surface area contributed by atoms with Gasteiger partial charge in [-0.3, -0.25) is 14.5 Å². The molecule has 1 aromatic rings. The van der Waals surface area contributed by atoms with Crippen molar-refractivity contribution < 1.29 is 9.59 Å². The number of H-pyrrole nitrogens is 1. The third-order valence-corrected chi connectivity index (χ3v) is 4.12. The molecule has 3 rings (SSSR count). The Kier molecular flexibility index (Phi) is 2.69. The second-order valence-corrected chi connectivity index (χ2v) is 5.44. The highest BCUT2D eigenvalue weighted by Crippen LogP contribution is 2.42. The van der Waals surface area contributed by atoms with E-state index < -0.39 is 0 Å². The van der Waals surface area contributed by atoms with Crippen LogP contribution < -0.4 is 0 Å². The number of imidazole rings is 1. The normalized spacial score (nSPS) is 31.2. The van der Waals surface area contributed by atoms with E-state index in [1.165, 1.54) is 4.90 Å². The topological polar surface area (TPSA) is 66.1 Å². The molecule has 0 bridgehead atoms. The van der Waals surface area contributed by atoms with Crippen LogP contribution in [-0.2, 0) is 16.0 Å². The first-order valence-corrected chi connectivity index (χ1v) is 6.49. The maximum Gasteiger partial charge on any atom is 0.233 e. The Morgan fingerprint density at radius 2 is 2.00 bits per heavy atom. The van der Waals surface area contributed by atoms with Crippen molar-refractivity contribution in [2.24, 2.45) is 17.8 Å². The average molecular weight is 247 g/mol. The molecule has 2 atom stereocenters. The van der Waals surface area contributed by atoms with Crippen LogP contribution in [0.5, 0.6) is 0 Å². The lowest BCUT2D eigenvalue weighted by Gasteiger charge is -2.16. The van der Waals surface area contributed by atoms with Crippen molar-refractivity contribution in [1.82, 2.24) is 14.9 Å². The van der Waals surface area contributed by atoms with Gasteiger partial charge in [0.25, 0.3) is 0 Å². The number of carbonyl (C=O) groups is 2. The molecule has 1 saturated heterocycles. The van der Waals surface area contributed by atoms with Crippen LogP contribution in [0.3, 0.4) is 0 Å². The summed E-state index contributed by atoms with van der Waals surface area (Å²) in [5.74, 6) is 0.480. The van der Waals surface area contributed by atoms with Gasteiger partial charge < -0.3 is 4.98 Å². The van der Waals surface area contributed by atoms with Gasteiger partial charge in [-0.15, -0.1) is 0 Å². The summed E-state index contributed by atoms with van der Waals surface area (Å²) in [6, 6.07) is 0. The second-order valence-electron chi connectivity index (χ2n) is 5.44. The van der Waals surface area contributed by atoms with Crippen molar-refractivity contribution >= 4 is 11.8 Å². The van der Waals surface area contributed by atoms with Crippen LogP contribution >= 0.6 is 0 Å². The molecule has 2 fully saturated rings. The molecule has 96 valence electrons. The number of aromatic amines is 1.